The van der Waals surface area contributed by atoms with Gasteiger partial charge in [-0.3, -0.25) is 9.20 Å². The van der Waals surface area contributed by atoms with Crippen molar-refractivity contribution >= 4 is 23.1 Å². The number of fused-ring (bicyclic) bond motifs is 1. The highest BCUT2D eigenvalue weighted by Crippen LogP contribution is 2.31. The quantitative estimate of drug-likeness (QED) is 0.512. The zero-order chi connectivity index (χ0) is 18.7. The summed E-state index contributed by atoms with van der Waals surface area (Å²) in [7, 11) is 2.94. The van der Waals surface area contributed by atoms with E-state index < -0.39 is 0 Å². The van der Waals surface area contributed by atoms with Gasteiger partial charge in [0.25, 0.3) is 0 Å². The molecule has 0 radical (unpaired) electrons. The molecule has 3 rings (SSSR count). The van der Waals surface area contributed by atoms with Crippen LogP contribution >= 0.6 is 0 Å². The van der Waals surface area contributed by atoms with E-state index in [9.17, 15) is 4.79 Å². The summed E-state index contributed by atoms with van der Waals surface area (Å²) >= 11 is 0. The summed E-state index contributed by atoms with van der Waals surface area (Å²) in [4.78, 5) is 16.2. The van der Waals surface area contributed by atoms with Gasteiger partial charge in [-0.2, -0.15) is 0 Å². The summed E-state index contributed by atoms with van der Waals surface area (Å²) in [5, 5.41) is 8.72. The fourth-order valence-corrected chi connectivity index (χ4v) is 2.60. The summed E-state index contributed by atoms with van der Waals surface area (Å²) in [6.07, 6.45) is 1.93. The van der Waals surface area contributed by atoms with Gasteiger partial charge in [-0.1, -0.05) is 12.1 Å². The predicted molar refractivity (Wildman–Crippen MR) is 97.6 cm³/mol. The fourth-order valence-electron chi connectivity index (χ4n) is 2.60. The molecule has 7 nitrogen and oxygen atoms in total. The van der Waals surface area contributed by atoms with Crippen molar-refractivity contribution in [1.29, 1.82) is 0 Å². The molecule has 1 aromatic carbocycles. The van der Waals surface area contributed by atoms with Crippen LogP contribution in [0.2, 0.25) is 0 Å². The Morgan fingerprint density at radius 2 is 1.88 bits per heavy atom. The maximum Gasteiger partial charge on any atom is 0.311 e. The third kappa shape index (κ3) is 3.56. The first-order valence-corrected chi connectivity index (χ1v) is 8.12. The van der Waals surface area contributed by atoms with Crippen LogP contribution in [0.5, 0.6) is 5.75 Å². The predicted octanol–water partition coefficient (Wildman–Crippen LogP) is 4.09. The number of ether oxygens (including phenoxy) is 2. The van der Waals surface area contributed by atoms with Gasteiger partial charge >= 0.3 is 5.97 Å². The van der Waals surface area contributed by atoms with E-state index in [2.05, 4.69) is 15.2 Å². The second kappa shape index (κ2) is 7.35. The maximum atomic E-state index is 11.7. The molecule has 2 aromatic heterocycles. The Morgan fingerprint density at radius 1 is 1.12 bits per heavy atom. The minimum Gasteiger partial charge on any atom is -0.494 e. The van der Waals surface area contributed by atoms with Crippen LogP contribution in [0.25, 0.3) is 5.65 Å². The number of hydrogen-bond acceptors (Lipinski definition) is 6. The Kier molecular flexibility index (Phi) is 4.97. The van der Waals surface area contributed by atoms with Crippen LogP contribution in [-0.4, -0.2) is 29.6 Å². The lowest BCUT2D eigenvalue weighted by molar-refractivity contribution is -0.139. The molecule has 0 aliphatic carbocycles. The van der Waals surface area contributed by atoms with Gasteiger partial charge in [-0.15, -0.1) is 10.2 Å². The number of methoxy groups -OCH3 is 2. The Hall–Kier alpha value is -3.22. The highest BCUT2D eigenvalue weighted by molar-refractivity contribution is 5.74. The van der Waals surface area contributed by atoms with E-state index in [1.807, 2.05) is 54.8 Å². The number of aromatic nitrogens is 2. The Labute approximate surface area is 151 Å². The van der Waals surface area contributed by atoms with E-state index in [1.54, 1.807) is 7.11 Å². The average Bonchev–Trinajstić information content (AvgIpc) is 2.96. The number of azo groups is 1. The zero-order valence-electron chi connectivity index (χ0n) is 15.2. The third-order valence-electron chi connectivity index (χ3n) is 3.94. The third-order valence-corrected chi connectivity index (χ3v) is 3.94. The largest absolute Gasteiger partial charge is 0.494 e. The summed E-state index contributed by atoms with van der Waals surface area (Å²) in [5.41, 5.74) is 3.91. The lowest BCUT2D eigenvalue weighted by Gasteiger charge is -2.04. The van der Waals surface area contributed by atoms with E-state index in [1.165, 1.54) is 7.11 Å². The van der Waals surface area contributed by atoms with Crippen LogP contribution in [0.1, 0.15) is 16.8 Å². The normalized spacial score (nSPS) is 11.2. The average molecular weight is 352 g/mol. The van der Waals surface area contributed by atoms with Crippen molar-refractivity contribution in [2.45, 2.75) is 20.3 Å². The number of rotatable bonds is 5. The lowest BCUT2D eigenvalue weighted by atomic mass is 10.2. The van der Waals surface area contributed by atoms with Crippen molar-refractivity contribution in [2.24, 2.45) is 10.2 Å². The smallest absolute Gasteiger partial charge is 0.311 e. The summed E-state index contributed by atoms with van der Waals surface area (Å²) in [6.45, 7) is 3.95. The number of pyridine rings is 1. The standard InChI is InChI=1S/C19H20N4O3/c1-12-5-7-16(25-3)14(9-12)21-22-19-15(10-18(24)26-4)20-17-8-6-13(2)11-23(17)19/h5-9,11H,10H2,1-4H3. The SMILES string of the molecule is COC(=O)Cc1nc2ccc(C)cn2c1N=Nc1cc(C)ccc1OC. The van der Waals surface area contributed by atoms with Gasteiger partial charge in [-0.05, 0) is 43.2 Å². The minimum atomic E-state index is -0.380. The van der Waals surface area contributed by atoms with Crippen LogP contribution in [0.4, 0.5) is 11.5 Å². The molecule has 26 heavy (non-hydrogen) atoms. The van der Waals surface area contributed by atoms with Crippen molar-refractivity contribution in [3.8, 4) is 5.75 Å². The molecule has 134 valence electrons. The summed E-state index contributed by atoms with van der Waals surface area (Å²) in [6, 6.07) is 9.50. The molecule has 0 bridgehead atoms. The molecule has 0 saturated carbocycles. The maximum absolute atomic E-state index is 11.7. The number of aryl methyl sites for hydroxylation is 2. The van der Waals surface area contributed by atoms with Crippen LogP contribution in [0.15, 0.2) is 46.8 Å². The molecule has 0 spiro atoms. The second-order valence-corrected chi connectivity index (χ2v) is 5.94. The number of benzene rings is 1. The molecule has 0 fully saturated rings. The molecule has 0 unspecified atom stereocenters. The van der Waals surface area contributed by atoms with Gasteiger partial charge in [0.05, 0.1) is 26.3 Å². The van der Waals surface area contributed by atoms with Gasteiger partial charge in [0.15, 0.2) is 5.82 Å². The minimum absolute atomic E-state index is 0.0243. The van der Waals surface area contributed by atoms with Crippen molar-refractivity contribution in [2.75, 3.05) is 14.2 Å². The van der Waals surface area contributed by atoms with E-state index in [0.717, 1.165) is 11.1 Å². The molecule has 0 N–H and O–H groups in total. The van der Waals surface area contributed by atoms with Crippen LogP contribution in [-0.2, 0) is 16.0 Å². The zero-order valence-corrected chi connectivity index (χ0v) is 15.2. The van der Waals surface area contributed by atoms with Crippen LogP contribution in [0, 0.1) is 13.8 Å². The first-order chi connectivity index (χ1) is 12.5. The second-order valence-electron chi connectivity index (χ2n) is 5.94. The van der Waals surface area contributed by atoms with Gasteiger partial charge < -0.3 is 9.47 Å². The summed E-state index contributed by atoms with van der Waals surface area (Å²) in [5.74, 6) is 0.742. The number of hydrogen-bond donors (Lipinski definition) is 0. The molecule has 0 aliphatic heterocycles. The van der Waals surface area contributed by atoms with Crippen molar-refractivity contribution in [3.05, 3.63) is 53.3 Å². The summed E-state index contributed by atoms with van der Waals surface area (Å²) < 4.78 is 11.9. The Balaban J connectivity index is 2.10. The van der Waals surface area contributed by atoms with E-state index in [-0.39, 0.29) is 12.4 Å². The number of esters is 1. The van der Waals surface area contributed by atoms with E-state index >= 15 is 0 Å². The van der Waals surface area contributed by atoms with E-state index in [4.69, 9.17) is 9.47 Å². The number of imidazole rings is 1. The van der Waals surface area contributed by atoms with Crippen molar-refractivity contribution in [1.82, 2.24) is 9.38 Å². The molecule has 0 aliphatic rings. The highest BCUT2D eigenvalue weighted by atomic mass is 16.5. The molecule has 0 amide bonds. The number of nitrogens with zero attached hydrogens (tertiary/aromatic N) is 4. The molecule has 0 atom stereocenters. The molecule has 0 saturated heterocycles. The highest BCUT2D eigenvalue weighted by Gasteiger charge is 2.16. The first kappa shape index (κ1) is 17.6. The van der Waals surface area contributed by atoms with Crippen molar-refractivity contribution < 1.29 is 14.3 Å². The molecule has 7 heteroatoms. The van der Waals surface area contributed by atoms with Gasteiger partial charge in [0, 0.05) is 6.20 Å². The van der Waals surface area contributed by atoms with Crippen LogP contribution < -0.4 is 4.74 Å². The van der Waals surface area contributed by atoms with Gasteiger partial charge in [-0.25, -0.2) is 4.98 Å². The monoisotopic (exact) mass is 352 g/mol. The Morgan fingerprint density at radius 3 is 2.62 bits per heavy atom. The number of carbonyl (C=O) groups is 1. The first-order valence-electron chi connectivity index (χ1n) is 8.12. The van der Waals surface area contributed by atoms with Crippen molar-refractivity contribution in [3.63, 3.8) is 0 Å². The fraction of sp³-hybridized carbons (Fsp3) is 0.263. The van der Waals surface area contributed by atoms with Gasteiger partial charge in [0.2, 0.25) is 0 Å². The number of carbonyl (C=O) groups excluding carboxylic acids is 1. The van der Waals surface area contributed by atoms with Crippen LogP contribution in [0.3, 0.4) is 0 Å². The van der Waals surface area contributed by atoms with Gasteiger partial charge in [0.1, 0.15) is 17.1 Å². The molecular weight excluding hydrogens is 332 g/mol. The topological polar surface area (TPSA) is 77.5 Å². The molecule has 2 heterocycles. The molecule has 3 aromatic rings. The lowest BCUT2D eigenvalue weighted by Crippen LogP contribution is -2.04. The Bertz CT molecular complexity index is 992. The van der Waals surface area contributed by atoms with E-state index in [0.29, 0.717) is 28.6 Å². The molecular formula is C19H20N4O3.